The smallest absolute Gasteiger partial charge is 0.347 e. The van der Waals surface area contributed by atoms with Crippen molar-refractivity contribution in [1.82, 2.24) is 0 Å². The molecule has 2 aromatic heterocycles. The quantitative estimate of drug-likeness (QED) is 0.173. The van der Waals surface area contributed by atoms with Gasteiger partial charge in [0.05, 0.1) is 0 Å². The number of phenols is 2. The number of aliphatic hydroxyl groups is 2. The Labute approximate surface area is 280 Å². The van der Waals surface area contributed by atoms with E-state index >= 15 is 0 Å². The average molecular weight is 695 g/mol. The maximum absolute atomic E-state index is 13.0. The van der Waals surface area contributed by atoms with E-state index in [0.29, 0.717) is 0 Å². The predicted octanol–water partition coefficient (Wildman–Crippen LogP) is 2.15. The van der Waals surface area contributed by atoms with Crippen molar-refractivity contribution in [2.24, 2.45) is 0 Å². The molecule has 8 unspecified atom stereocenters. The van der Waals surface area contributed by atoms with Gasteiger partial charge in [-0.25, -0.2) is 9.59 Å². The van der Waals surface area contributed by atoms with Gasteiger partial charge < -0.3 is 57.7 Å². The van der Waals surface area contributed by atoms with Crippen LogP contribution in [-0.4, -0.2) is 69.4 Å². The molecular formula is C34H30O16. The second-order valence-electron chi connectivity index (χ2n) is 12.9. The van der Waals surface area contributed by atoms with Gasteiger partial charge in [-0.3, -0.25) is 9.59 Å². The molecular weight excluding hydrogens is 664 g/mol. The Morgan fingerprint density at radius 1 is 0.680 bits per heavy atom. The molecule has 262 valence electrons. The van der Waals surface area contributed by atoms with Crippen LogP contribution in [0.1, 0.15) is 72.0 Å². The fourth-order valence-electron chi connectivity index (χ4n) is 8.53. The Hall–Kier alpha value is -4.84. The van der Waals surface area contributed by atoms with Gasteiger partial charge in [0.25, 0.3) is 0 Å². The number of fused-ring (bicyclic) bond motifs is 7. The molecule has 0 spiro atoms. The third-order valence-corrected chi connectivity index (χ3v) is 10.3. The summed E-state index contributed by atoms with van der Waals surface area (Å²) in [6, 6.07) is 5.72. The van der Waals surface area contributed by atoms with Gasteiger partial charge in [-0.05, 0) is 48.9 Å². The SMILES string of the molecule is COC12OC1(C13OC1(OC)C(OC(C)=O)c1cc4cc(C)oc(=O)c4c(O)c1C3O)C(O)c1c(cc3cc(C)oc(=O)c3c1O)C2OC(C)=O. The number of rotatable bonds is 5. The highest BCUT2D eigenvalue weighted by atomic mass is 16.9. The van der Waals surface area contributed by atoms with E-state index in [9.17, 15) is 39.6 Å². The van der Waals surface area contributed by atoms with Crippen LogP contribution < -0.4 is 11.3 Å². The van der Waals surface area contributed by atoms with Crippen LogP contribution in [0.2, 0.25) is 0 Å². The van der Waals surface area contributed by atoms with Crippen LogP contribution in [0.25, 0.3) is 21.5 Å². The zero-order valence-electron chi connectivity index (χ0n) is 27.3. The van der Waals surface area contributed by atoms with E-state index in [1.165, 1.54) is 52.3 Å². The summed E-state index contributed by atoms with van der Waals surface area (Å²) in [6.07, 6.45) is -7.34. The Morgan fingerprint density at radius 2 is 1.04 bits per heavy atom. The minimum absolute atomic E-state index is 0.0122. The standard InChI is InChI=1S/C34H30O16/c1-11-7-15-9-17-21(23(37)19(15)29(41)45-11)25(39)31(33(43-5,49-31)27(17)47-13(3)35)32-26(40)22-18(28(48-14(4)36)34(32,44-6)50-32)10-16-8-12(2)46-30(42)20(16)24(22)38/h7-10,25-28,37-40H,1-6H3. The molecule has 0 bridgehead atoms. The molecule has 2 aromatic carbocycles. The molecule has 2 aliphatic heterocycles. The summed E-state index contributed by atoms with van der Waals surface area (Å²) >= 11 is 0. The number of phenolic OH excluding ortho intramolecular Hbond substituents is 2. The second kappa shape index (κ2) is 9.90. The lowest BCUT2D eigenvalue weighted by atomic mass is 9.62. The van der Waals surface area contributed by atoms with Crippen LogP contribution in [0.3, 0.4) is 0 Å². The molecule has 4 heterocycles. The lowest BCUT2D eigenvalue weighted by Crippen LogP contribution is -2.60. The zero-order valence-corrected chi connectivity index (χ0v) is 27.3. The van der Waals surface area contributed by atoms with Gasteiger partial charge >= 0.3 is 23.2 Å². The Kier molecular flexibility index (Phi) is 6.41. The molecule has 0 amide bonds. The first-order chi connectivity index (χ1) is 23.6. The molecule has 4 aromatic rings. The molecule has 4 N–H and O–H groups in total. The van der Waals surface area contributed by atoms with Gasteiger partial charge in [-0.15, -0.1) is 0 Å². The van der Waals surface area contributed by atoms with E-state index in [2.05, 4.69) is 0 Å². The van der Waals surface area contributed by atoms with Crippen molar-refractivity contribution in [1.29, 1.82) is 0 Å². The molecule has 16 nitrogen and oxygen atoms in total. The minimum Gasteiger partial charge on any atom is -0.507 e. The number of aromatic hydroxyl groups is 2. The monoisotopic (exact) mass is 694 g/mol. The normalized spacial score (nSPS) is 33.2. The first-order valence-electron chi connectivity index (χ1n) is 15.4. The number of ether oxygens (including phenoxy) is 6. The summed E-state index contributed by atoms with van der Waals surface area (Å²) in [4.78, 5) is 51.3. The third kappa shape index (κ3) is 3.49. The number of methoxy groups -OCH3 is 2. The predicted molar refractivity (Wildman–Crippen MR) is 164 cm³/mol. The van der Waals surface area contributed by atoms with Crippen LogP contribution in [0.5, 0.6) is 11.5 Å². The second-order valence-corrected chi connectivity index (χ2v) is 12.9. The zero-order chi connectivity index (χ0) is 36.0. The van der Waals surface area contributed by atoms with E-state index in [4.69, 9.17) is 37.3 Å². The number of hydrogen-bond acceptors (Lipinski definition) is 16. The highest BCUT2D eigenvalue weighted by Crippen LogP contribution is 2.83. The van der Waals surface area contributed by atoms with E-state index in [1.807, 2.05) is 0 Å². The van der Waals surface area contributed by atoms with Crippen LogP contribution in [0, 0.1) is 13.8 Å². The van der Waals surface area contributed by atoms with Crippen LogP contribution in [0.15, 0.2) is 42.7 Å². The topological polar surface area (TPSA) is 237 Å². The molecule has 8 atom stereocenters. The molecule has 2 aliphatic carbocycles. The Morgan fingerprint density at radius 3 is 1.36 bits per heavy atom. The number of benzene rings is 2. The van der Waals surface area contributed by atoms with Crippen molar-refractivity contribution < 1.29 is 67.3 Å². The van der Waals surface area contributed by atoms with Gasteiger partial charge in [-0.1, -0.05) is 0 Å². The van der Waals surface area contributed by atoms with E-state index in [0.717, 1.165) is 13.8 Å². The van der Waals surface area contributed by atoms with E-state index < -0.39 is 81.9 Å². The number of esters is 2. The van der Waals surface area contributed by atoms with Gasteiger partial charge in [0.1, 0.15) is 46.0 Å². The molecule has 50 heavy (non-hydrogen) atoms. The molecule has 0 saturated carbocycles. The number of aryl methyl sites for hydroxylation is 2. The van der Waals surface area contributed by atoms with E-state index in [-0.39, 0.29) is 55.3 Å². The Bertz CT molecular complexity index is 2180. The van der Waals surface area contributed by atoms with Gasteiger partial charge in [0.15, 0.2) is 23.4 Å². The summed E-state index contributed by atoms with van der Waals surface area (Å²) in [5.41, 5.74) is -7.45. The summed E-state index contributed by atoms with van der Waals surface area (Å²) in [7, 11) is 2.35. The summed E-state index contributed by atoms with van der Waals surface area (Å²) in [5, 5.41) is 48.0. The molecule has 4 aliphatic rings. The molecule has 2 fully saturated rings. The first kappa shape index (κ1) is 32.4. The fourth-order valence-corrected chi connectivity index (χ4v) is 8.53. The lowest BCUT2D eigenvalue weighted by Gasteiger charge is -2.43. The van der Waals surface area contributed by atoms with Crippen LogP contribution in [-0.2, 0) is 38.0 Å². The maximum atomic E-state index is 13.0. The number of aliphatic hydroxyl groups excluding tert-OH is 2. The number of epoxide rings is 2. The van der Waals surface area contributed by atoms with Gasteiger partial charge in [0.2, 0.25) is 11.6 Å². The van der Waals surface area contributed by atoms with Crippen molar-refractivity contribution in [2.75, 3.05) is 14.2 Å². The van der Waals surface area contributed by atoms with Crippen molar-refractivity contribution in [2.45, 2.75) is 74.9 Å². The highest BCUT2D eigenvalue weighted by molar-refractivity contribution is 5.92. The fraction of sp³-hybridized carbons (Fsp3) is 0.412. The number of carbonyl (C=O) groups excluding carboxylic acids is 2. The first-order valence-corrected chi connectivity index (χ1v) is 15.4. The van der Waals surface area contributed by atoms with Crippen molar-refractivity contribution >= 4 is 33.5 Å². The molecule has 16 heteroatoms. The third-order valence-electron chi connectivity index (χ3n) is 10.3. The van der Waals surface area contributed by atoms with Crippen molar-refractivity contribution in [3.8, 4) is 11.5 Å². The lowest BCUT2D eigenvalue weighted by molar-refractivity contribution is -0.177. The average Bonchev–Trinajstić information content (AvgIpc) is 3.92. The van der Waals surface area contributed by atoms with E-state index in [1.54, 1.807) is 0 Å². The summed E-state index contributed by atoms with van der Waals surface area (Å²) < 4.78 is 46.4. The summed E-state index contributed by atoms with van der Waals surface area (Å²) in [5.74, 6) is -7.19. The molecule has 0 radical (unpaired) electrons. The maximum Gasteiger partial charge on any atom is 0.347 e. The highest BCUT2D eigenvalue weighted by Gasteiger charge is 3.03. The van der Waals surface area contributed by atoms with Gasteiger partial charge in [-0.2, -0.15) is 0 Å². The minimum atomic E-state index is -2.41. The van der Waals surface area contributed by atoms with Crippen LogP contribution >= 0.6 is 0 Å². The largest absolute Gasteiger partial charge is 0.507 e. The van der Waals surface area contributed by atoms with Crippen molar-refractivity contribution in [3.05, 3.63) is 78.9 Å². The number of hydrogen-bond donors (Lipinski definition) is 4. The number of carbonyl (C=O) groups is 2. The summed E-state index contributed by atoms with van der Waals surface area (Å²) in [6.45, 7) is 5.23. The molecule has 8 rings (SSSR count). The van der Waals surface area contributed by atoms with Crippen molar-refractivity contribution in [3.63, 3.8) is 0 Å². The van der Waals surface area contributed by atoms with Crippen LogP contribution in [0.4, 0.5) is 0 Å². The Balaban J connectivity index is 1.46. The molecule has 2 saturated heterocycles. The van der Waals surface area contributed by atoms with Gasteiger partial charge in [0, 0.05) is 50.3 Å².